The number of aromatic nitrogens is 3. The molecule has 0 bridgehead atoms. The lowest BCUT2D eigenvalue weighted by Crippen LogP contribution is -2.04. The van der Waals surface area contributed by atoms with Gasteiger partial charge in [0.2, 0.25) is 0 Å². The molecule has 126 valence electrons. The number of anilines is 2. The quantitative estimate of drug-likeness (QED) is 0.421. The van der Waals surface area contributed by atoms with Gasteiger partial charge in [0, 0.05) is 0 Å². The third kappa shape index (κ3) is 2.88. The van der Waals surface area contributed by atoms with Gasteiger partial charge in [-0.15, -0.1) is 22.0 Å². The number of nitriles is 1. The van der Waals surface area contributed by atoms with E-state index >= 15 is 0 Å². The second-order valence-corrected chi connectivity index (χ2v) is 6.25. The number of fused-ring (bicyclic) bond motifs is 1. The second kappa shape index (κ2) is 6.41. The highest BCUT2D eigenvalue weighted by molar-refractivity contribution is 7.98. The van der Waals surface area contributed by atoms with Crippen LogP contribution in [0, 0.1) is 25.2 Å². The van der Waals surface area contributed by atoms with E-state index in [1.54, 1.807) is 0 Å². The minimum absolute atomic E-state index is 0.113. The lowest BCUT2D eigenvalue weighted by atomic mass is 10.1. The van der Waals surface area contributed by atoms with Crippen LogP contribution in [0.3, 0.4) is 0 Å². The monoisotopic (exact) mass is 352 g/mol. The number of hydrogen-bond donors (Lipinski definition) is 2. The number of rotatable bonds is 3. The molecular formula is C16H16N8S. The minimum Gasteiger partial charge on any atom is -0.382 e. The van der Waals surface area contributed by atoms with E-state index in [-0.39, 0.29) is 17.2 Å². The van der Waals surface area contributed by atoms with Gasteiger partial charge >= 0.3 is 0 Å². The Morgan fingerprint density at radius 2 is 1.96 bits per heavy atom. The zero-order valence-electron chi connectivity index (χ0n) is 14.0. The molecule has 0 spiro atoms. The number of benzene rings is 1. The molecule has 0 fully saturated rings. The molecule has 0 unspecified atom stereocenters. The summed E-state index contributed by atoms with van der Waals surface area (Å²) in [7, 11) is 0. The van der Waals surface area contributed by atoms with Gasteiger partial charge in [-0.2, -0.15) is 10.4 Å². The fourth-order valence-corrected chi connectivity index (χ4v) is 3.02. The summed E-state index contributed by atoms with van der Waals surface area (Å²) >= 11 is 1.33. The third-order valence-electron chi connectivity index (χ3n) is 3.68. The van der Waals surface area contributed by atoms with E-state index in [2.05, 4.69) is 20.3 Å². The lowest BCUT2D eigenvalue weighted by molar-refractivity contribution is 0.845. The third-order valence-corrected chi connectivity index (χ3v) is 4.44. The van der Waals surface area contributed by atoms with E-state index in [0.29, 0.717) is 16.4 Å². The predicted molar refractivity (Wildman–Crippen MR) is 98.4 cm³/mol. The van der Waals surface area contributed by atoms with E-state index in [1.807, 2.05) is 44.4 Å². The highest BCUT2D eigenvalue weighted by atomic mass is 32.2. The first kappa shape index (κ1) is 16.7. The van der Waals surface area contributed by atoms with Crippen molar-refractivity contribution in [2.45, 2.75) is 18.9 Å². The Kier molecular flexibility index (Phi) is 4.29. The molecule has 0 radical (unpaired) electrons. The van der Waals surface area contributed by atoms with Crippen LogP contribution in [-0.2, 0) is 0 Å². The van der Waals surface area contributed by atoms with E-state index in [0.717, 1.165) is 16.8 Å². The van der Waals surface area contributed by atoms with Crippen molar-refractivity contribution in [2.75, 3.05) is 17.7 Å². The summed E-state index contributed by atoms with van der Waals surface area (Å²) in [6.07, 6.45) is 1.82. The van der Waals surface area contributed by atoms with Crippen molar-refractivity contribution in [2.24, 2.45) is 10.2 Å². The number of nitrogens with two attached hydrogens (primary N) is 2. The smallest absolute Gasteiger partial charge is 0.188 e. The molecule has 2 aromatic heterocycles. The molecule has 0 saturated carbocycles. The maximum Gasteiger partial charge on any atom is 0.188 e. The number of azo groups is 1. The first-order chi connectivity index (χ1) is 12.0. The van der Waals surface area contributed by atoms with Crippen molar-refractivity contribution < 1.29 is 0 Å². The zero-order chi connectivity index (χ0) is 18.1. The van der Waals surface area contributed by atoms with Crippen LogP contribution in [0.5, 0.6) is 0 Å². The lowest BCUT2D eigenvalue weighted by Gasteiger charge is -2.05. The number of nitrogens with zero attached hydrogens (tertiary/aromatic N) is 6. The summed E-state index contributed by atoms with van der Waals surface area (Å²) in [5.74, 6) is 0.286. The molecule has 8 nitrogen and oxygen atoms in total. The topological polar surface area (TPSA) is 131 Å². The molecule has 3 aromatic rings. The van der Waals surface area contributed by atoms with Gasteiger partial charge in [0.25, 0.3) is 0 Å². The van der Waals surface area contributed by atoms with Crippen LogP contribution in [0.25, 0.3) is 5.65 Å². The average Bonchev–Trinajstić information content (AvgIpc) is 2.89. The van der Waals surface area contributed by atoms with E-state index in [4.69, 9.17) is 11.5 Å². The van der Waals surface area contributed by atoms with Crippen molar-refractivity contribution >= 4 is 40.4 Å². The summed E-state index contributed by atoms with van der Waals surface area (Å²) in [6.45, 7) is 3.94. The standard InChI is InChI=1S/C16H16N8S/c1-8-4-5-9(2)11(6-8)21-22-12-14(19)23-24-15(12)20-13(18)10(7-17)16(24)25-3/h4-6H,1-3H3,(H2,18,20)(H2,19,23). The van der Waals surface area contributed by atoms with Crippen LogP contribution in [0.4, 0.5) is 23.0 Å². The maximum atomic E-state index is 9.28. The Morgan fingerprint density at radius 3 is 2.64 bits per heavy atom. The van der Waals surface area contributed by atoms with Gasteiger partial charge < -0.3 is 11.5 Å². The molecular weight excluding hydrogens is 336 g/mol. The van der Waals surface area contributed by atoms with E-state index < -0.39 is 0 Å². The van der Waals surface area contributed by atoms with Crippen LogP contribution < -0.4 is 11.5 Å². The van der Waals surface area contributed by atoms with Gasteiger partial charge in [-0.05, 0) is 37.3 Å². The second-order valence-electron chi connectivity index (χ2n) is 5.45. The summed E-state index contributed by atoms with van der Waals surface area (Å²) in [5, 5.41) is 22.6. The number of aryl methyl sites for hydroxylation is 2. The molecule has 0 saturated heterocycles. The molecule has 9 heteroatoms. The highest BCUT2D eigenvalue weighted by Crippen LogP contribution is 2.34. The maximum absolute atomic E-state index is 9.28. The number of hydrogen-bond acceptors (Lipinski definition) is 8. The average molecular weight is 352 g/mol. The van der Waals surface area contributed by atoms with Crippen LogP contribution in [0.1, 0.15) is 16.7 Å². The van der Waals surface area contributed by atoms with Gasteiger partial charge in [-0.1, -0.05) is 12.1 Å². The van der Waals surface area contributed by atoms with Gasteiger partial charge in [-0.25, -0.2) is 9.50 Å². The normalized spacial score (nSPS) is 11.3. The van der Waals surface area contributed by atoms with Crippen LogP contribution in [0.15, 0.2) is 33.5 Å². The molecule has 0 amide bonds. The molecule has 0 aliphatic carbocycles. The molecule has 25 heavy (non-hydrogen) atoms. The molecule has 1 aromatic carbocycles. The van der Waals surface area contributed by atoms with Crippen molar-refractivity contribution in [1.82, 2.24) is 14.6 Å². The summed E-state index contributed by atoms with van der Waals surface area (Å²) < 4.78 is 1.48. The van der Waals surface area contributed by atoms with Gasteiger partial charge in [0.1, 0.15) is 22.5 Å². The SMILES string of the molecule is CSc1c(C#N)c(N)nc2c(N=Nc3cc(C)ccc3C)c(N)nn12. The van der Waals surface area contributed by atoms with Crippen LogP contribution in [0.2, 0.25) is 0 Å². The first-order valence-corrected chi connectivity index (χ1v) is 8.59. The Labute approximate surface area is 148 Å². The van der Waals surface area contributed by atoms with Gasteiger partial charge in [0.05, 0.1) is 5.69 Å². The number of nitrogen functional groups attached to an aromatic ring is 2. The molecule has 0 aliphatic heterocycles. The van der Waals surface area contributed by atoms with Crippen LogP contribution in [-0.4, -0.2) is 20.9 Å². The van der Waals surface area contributed by atoms with Gasteiger partial charge in [-0.3, -0.25) is 0 Å². The summed E-state index contributed by atoms with van der Waals surface area (Å²) in [4.78, 5) is 4.24. The van der Waals surface area contributed by atoms with Crippen LogP contribution >= 0.6 is 11.8 Å². The van der Waals surface area contributed by atoms with Crippen molar-refractivity contribution in [3.63, 3.8) is 0 Å². The van der Waals surface area contributed by atoms with Crippen molar-refractivity contribution in [3.8, 4) is 6.07 Å². The van der Waals surface area contributed by atoms with E-state index in [1.165, 1.54) is 16.3 Å². The Balaban J connectivity index is 2.19. The largest absolute Gasteiger partial charge is 0.382 e. The summed E-state index contributed by atoms with van der Waals surface area (Å²) in [6, 6.07) is 7.96. The fraction of sp³-hybridized carbons (Fsp3) is 0.188. The molecule has 0 aliphatic rings. The molecule has 3 rings (SSSR count). The zero-order valence-corrected chi connectivity index (χ0v) is 14.8. The minimum atomic E-state index is 0.113. The fourth-order valence-electron chi connectivity index (χ4n) is 2.37. The van der Waals surface area contributed by atoms with Crippen molar-refractivity contribution in [1.29, 1.82) is 5.26 Å². The molecule has 0 atom stereocenters. The summed E-state index contributed by atoms with van der Waals surface area (Å²) in [5.41, 5.74) is 15.7. The highest BCUT2D eigenvalue weighted by Gasteiger charge is 2.19. The van der Waals surface area contributed by atoms with E-state index in [9.17, 15) is 5.26 Å². The first-order valence-electron chi connectivity index (χ1n) is 7.37. The van der Waals surface area contributed by atoms with Gasteiger partial charge in [0.15, 0.2) is 17.2 Å². The van der Waals surface area contributed by atoms with Crippen molar-refractivity contribution in [3.05, 3.63) is 34.9 Å². The Hall–Kier alpha value is -3.12. The number of thioether (sulfide) groups is 1. The molecule has 2 heterocycles. The Bertz CT molecular complexity index is 1040. The predicted octanol–water partition coefficient (Wildman–Crippen LogP) is 3.52. The Morgan fingerprint density at radius 1 is 1.20 bits per heavy atom. The molecule has 4 N–H and O–H groups in total.